The number of carbonyl (C=O) groups excluding carboxylic acids is 1. The Bertz CT molecular complexity index is 612. The number of anilines is 1. The number of amides is 1. The summed E-state index contributed by atoms with van der Waals surface area (Å²) in [5.41, 5.74) is 3.02. The Labute approximate surface area is 118 Å². The zero-order valence-corrected chi connectivity index (χ0v) is 11.5. The van der Waals surface area contributed by atoms with Crippen molar-refractivity contribution < 1.29 is 4.79 Å². The second-order valence-electron chi connectivity index (χ2n) is 5.02. The summed E-state index contributed by atoms with van der Waals surface area (Å²) in [4.78, 5) is 14.5. The molecule has 0 bridgehead atoms. The number of nitrogens with zero attached hydrogens (tertiary/aromatic N) is 3. The monoisotopic (exact) mass is 267 g/mol. The van der Waals surface area contributed by atoms with Gasteiger partial charge in [-0.25, -0.2) is 0 Å². The van der Waals surface area contributed by atoms with E-state index in [9.17, 15) is 4.79 Å². The number of benzene rings is 1. The van der Waals surface area contributed by atoms with Crippen LogP contribution in [-0.4, -0.2) is 22.6 Å². The van der Waals surface area contributed by atoms with Crippen LogP contribution < -0.4 is 4.90 Å². The van der Waals surface area contributed by atoms with Crippen molar-refractivity contribution in [2.75, 3.05) is 11.4 Å². The minimum Gasteiger partial charge on any atom is -0.312 e. The third-order valence-electron chi connectivity index (χ3n) is 3.66. The molecule has 1 amide bonds. The van der Waals surface area contributed by atoms with Gasteiger partial charge in [-0.05, 0) is 30.2 Å². The number of aromatic nitrogens is 2. The van der Waals surface area contributed by atoms with Crippen LogP contribution in [0.4, 0.5) is 5.69 Å². The molecule has 4 nitrogen and oxygen atoms in total. The van der Waals surface area contributed by atoms with Crippen molar-refractivity contribution in [3.8, 4) is 0 Å². The van der Waals surface area contributed by atoms with Crippen molar-refractivity contribution >= 4 is 11.6 Å². The number of carbonyl (C=O) groups is 1. The van der Waals surface area contributed by atoms with E-state index in [1.807, 2.05) is 41.3 Å². The third-order valence-corrected chi connectivity index (χ3v) is 3.66. The second kappa shape index (κ2) is 5.41. The van der Waals surface area contributed by atoms with Gasteiger partial charge in [0.05, 0.1) is 11.6 Å². The molecule has 102 valence electrons. The Morgan fingerprint density at radius 3 is 2.80 bits per heavy atom. The zero-order valence-electron chi connectivity index (χ0n) is 11.5. The first-order chi connectivity index (χ1) is 9.81. The summed E-state index contributed by atoms with van der Waals surface area (Å²) in [5.74, 6) is 0.0492. The minimum absolute atomic E-state index is 0.130. The highest BCUT2D eigenvalue weighted by Crippen LogP contribution is 2.38. The average Bonchev–Trinajstić information content (AvgIpc) is 2.75. The van der Waals surface area contributed by atoms with Crippen LogP contribution >= 0.6 is 0 Å². The number of hydrogen-bond donors (Lipinski definition) is 0. The molecule has 2 heterocycles. The number of hydrogen-bond acceptors (Lipinski definition) is 3. The van der Waals surface area contributed by atoms with Crippen molar-refractivity contribution in [3.63, 3.8) is 0 Å². The number of fused-ring (bicyclic) bond motifs is 1. The molecule has 1 aromatic heterocycles. The normalized spacial score (nSPS) is 17.4. The fourth-order valence-corrected chi connectivity index (χ4v) is 2.77. The lowest BCUT2D eigenvalue weighted by atomic mass is 9.96. The van der Waals surface area contributed by atoms with Crippen LogP contribution in [0.1, 0.15) is 30.5 Å². The summed E-state index contributed by atoms with van der Waals surface area (Å²) in [6.45, 7) is 2.86. The Morgan fingerprint density at radius 2 is 2.05 bits per heavy atom. The molecule has 0 saturated heterocycles. The molecule has 1 aliphatic rings. The second-order valence-corrected chi connectivity index (χ2v) is 5.02. The zero-order chi connectivity index (χ0) is 13.9. The van der Waals surface area contributed by atoms with E-state index in [0.29, 0.717) is 6.42 Å². The Balaban J connectivity index is 1.94. The quantitative estimate of drug-likeness (QED) is 0.855. The molecule has 0 aliphatic carbocycles. The van der Waals surface area contributed by atoms with Crippen LogP contribution in [-0.2, 0) is 11.2 Å². The van der Waals surface area contributed by atoms with E-state index < -0.39 is 0 Å². The summed E-state index contributed by atoms with van der Waals surface area (Å²) in [5, 5.41) is 7.99. The topological polar surface area (TPSA) is 46.1 Å². The van der Waals surface area contributed by atoms with E-state index in [1.165, 1.54) is 0 Å². The molecule has 20 heavy (non-hydrogen) atoms. The van der Waals surface area contributed by atoms with Crippen LogP contribution in [0.25, 0.3) is 0 Å². The van der Waals surface area contributed by atoms with Crippen LogP contribution in [0.15, 0.2) is 42.6 Å². The lowest BCUT2D eigenvalue weighted by Gasteiger charge is -2.16. The minimum atomic E-state index is -0.130. The molecule has 2 aromatic rings. The van der Waals surface area contributed by atoms with Crippen LogP contribution in [0.5, 0.6) is 0 Å². The maximum Gasteiger partial charge on any atom is 0.235 e. The summed E-state index contributed by atoms with van der Waals surface area (Å²) < 4.78 is 0. The van der Waals surface area contributed by atoms with E-state index >= 15 is 0 Å². The van der Waals surface area contributed by atoms with Crippen LogP contribution in [0.2, 0.25) is 0 Å². The molecule has 0 fully saturated rings. The summed E-state index contributed by atoms with van der Waals surface area (Å²) in [7, 11) is 0. The predicted octanol–water partition coefficient (Wildman–Crippen LogP) is 2.56. The van der Waals surface area contributed by atoms with Crippen molar-refractivity contribution in [2.24, 2.45) is 0 Å². The van der Waals surface area contributed by atoms with E-state index in [1.54, 1.807) is 6.20 Å². The first kappa shape index (κ1) is 12.8. The Morgan fingerprint density at radius 1 is 1.20 bits per heavy atom. The molecule has 1 aliphatic heterocycles. The molecule has 1 unspecified atom stereocenters. The van der Waals surface area contributed by atoms with E-state index in [0.717, 1.165) is 29.9 Å². The van der Waals surface area contributed by atoms with E-state index in [4.69, 9.17) is 0 Å². The number of para-hydroxylation sites is 1. The Kier molecular flexibility index (Phi) is 3.46. The molecule has 0 saturated carbocycles. The third kappa shape index (κ3) is 2.18. The van der Waals surface area contributed by atoms with Gasteiger partial charge in [0.2, 0.25) is 5.91 Å². The molecule has 0 spiro atoms. The predicted molar refractivity (Wildman–Crippen MR) is 77.6 cm³/mol. The lowest BCUT2D eigenvalue weighted by molar-refractivity contribution is -0.119. The van der Waals surface area contributed by atoms with Crippen molar-refractivity contribution in [3.05, 3.63) is 53.9 Å². The van der Waals surface area contributed by atoms with E-state index in [2.05, 4.69) is 17.1 Å². The van der Waals surface area contributed by atoms with Gasteiger partial charge in [0.1, 0.15) is 0 Å². The lowest BCUT2D eigenvalue weighted by Crippen LogP contribution is -2.30. The standard InChI is InChI=1S/C16H17N3O/c1-2-10-19-15-8-4-3-7-13(15)14(16(19)20)11-12-6-5-9-17-18-12/h3-9,14H,2,10-11H2,1H3. The highest BCUT2D eigenvalue weighted by molar-refractivity contribution is 6.05. The fourth-order valence-electron chi connectivity index (χ4n) is 2.77. The largest absolute Gasteiger partial charge is 0.312 e. The van der Waals surface area contributed by atoms with Crippen molar-refractivity contribution in [1.29, 1.82) is 0 Å². The smallest absolute Gasteiger partial charge is 0.235 e. The van der Waals surface area contributed by atoms with E-state index in [-0.39, 0.29) is 11.8 Å². The van der Waals surface area contributed by atoms with Gasteiger partial charge in [0.25, 0.3) is 0 Å². The van der Waals surface area contributed by atoms with Gasteiger partial charge >= 0.3 is 0 Å². The fraction of sp³-hybridized carbons (Fsp3) is 0.312. The van der Waals surface area contributed by atoms with Gasteiger partial charge in [-0.3, -0.25) is 4.79 Å². The number of rotatable bonds is 4. The summed E-state index contributed by atoms with van der Waals surface area (Å²) in [6, 6.07) is 11.8. The molecular formula is C16H17N3O. The summed E-state index contributed by atoms with van der Waals surface area (Å²) in [6.07, 6.45) is 3.22. The molecular weight excluding hydrogens is 250 g/mol. The van der Waals surface area contributed by atoms with Crippen LogP contribution in [0.3, 0.4) is 0 Å². The Hall–Kier alpha value is -2.23. The first-order valence-corrected chi connectivity index (χ1v) is 6.98. The van der Waals surface area contributed by atoms with Crippen molar-refractivity contribution in [2.45, 2.75) is 25.7 Å². The van der Waals surface area contributed by atoms with Gasteiger partial charge in [0, 0.05) is 24.8 Å². The highest BCUT2D eigenvalue weighted by Gasteiger charge is 2.36. The SMILES string of the molecule is CCCN1C(=O)C(Cc2cccnn2)c2ccccc21. The van der Waals surface area contributed by atoms with Gasteiger partial charge in [-0.2, -0.15) is 10.2 Å². The molecule has 1 atom stereocenters. The first-order valence-electron chi connectivity index (χ1n) is 6.98. The highest BCUT2D eigenvalue weighted by atomic mass is 16.2. The molecule has 1 aromatic carbocycles. The average molecular weight is 267 g/mol. The van der Waals surface area contributed by atoms with Crippen molar-refractivity contribution in [1.82, 2.24) is 10.2 Å². The molecule has 3 rings (SSSR count). The van der Waals surface area contributed by atoms with Gasteiger partial charge in [-0.15, -0.1) is 0 Å². The van der Waals surface area contributed by atoms with Gasteiger partial charge in [0.15, 0.2) is 0 Å². The summed E-state index contributed by atoms with van der Waals surface area (Å²) >= 11 is 0. The van der Waals surface area contributed by atoms with Gasteiger partial charge < -0.3 is 4.90 Å². The van der Waals surface area contributed by atoms with Gasteiger partial charge in [-0.1, -0.05) is 25.1 Å². The molecule has 0 radical (unpaired) electrons. The molecule has 4 heteroatoms. The van der Waals surface area contributed by atoms with Crippen LogP contribution in [0, 0.1) is 0 Å². The molecule has 0 N–H and O–H groups in total. The maximum absolute atomic E-state index is 12.6. The maximum atomic E-state index is 12.6.